The Labute approximate surface area is 143 Å². The van der Waals surface area contributed by atoms with E-state index in [0.29, 0.717) is 19.6 Å². The third-order valence-corrected chi connectivity index (χ3v) is 4.17. The molecule has 1 heterocycles. The van der Waals surface area contributed by atoms with E-state index < -0.39 is 23.2 Å². The van der Waals surface area contributed by atoms with Crippen molar-refractivity contribution in [3.63, 3.8) is 0 Å². The summed E-state index contributed by atoms with van der Waals surface area (Å²) in [7, 11) is 0. The summed E-state index contributed by atoms with van der Waals surface area (Å²) < 4.78 is 5.38. The first-order chi connectivity index (χ1) is 11.1. The first kappa shape index (κ1) is 18.3. The summed E-state index contributed by atoms with van der Waals surface area (Å²) in [6.07, 6.45) is -0.464. The third kappa shape index (κ3) is 4.26. The van der Waals surface area contributed by atoms with Crippen molar-refractivity contribution in [2.45, 2.75) is 45.4 Å². The number of carboxylic acids is 1. The predicted molar refractivity (Wildman–Crippen MR) is 90.7 cm³/mol. The molecule has 6 nitrogen and oxygen atoms in total. The van der Waals surface area contributed by atoms with Gasteiger partial charge in [0.25, 0.3) is 0 Å². The average molecular weight is 334 g/mol. The summed E-state index contributed by atoms with van der Waals surface area (Å²) in [5.41, 5.74) is -0.696. The Morgan fingerprint density at radius 2 is 1.83 bits per heavy atom. The van der Waals surface area contributed by atoms with Gasteiger partial charge in [-0.25, -0.2) is 4.79 Å². The van der Waals surface area contributed by atoms with Crippen molar-refractivity contribution < 1.29 is 19.4 Å². The van der Waals surface area contributed by atoms with Crippen molar-refractivity contribution in [1.29, 1.82) is 0 Å². The standard InChI is InChI=1S/C18H26N2O4/c1-17(2,3)24-16(23)19-10-11-20(18(4,13-19)15(21)22)12-14-8-6-5-7-9-14/h5-9H,10-13H2,1-4H3,(H,21,22). The highest BCUT2D eigenvalue weighted by molar-refractivity contribution is 5.80. The Morgan fingerprint density at radius 3 is 2.38 bits per heavy atom. The molecule has 0 radical (unpaired) electrons. The number of piperazine rings is 1. The molecule has 0 aromatic heterocycles. The van der Waals surface area contributed by atoms with Gasteiger partial charge in [0, 0.05) is 19.6 Å². The second kappa shape index (κ2) is 6.81. The molecule has 1 fully saturated rings. The van der Waals surface area contributed by atoms with Crippen LogP contribution >= 0.6 is 0 Å². The Morgan fingerprint density at radius 1 is 1.21 bits per heavy atom. The predicted octanol–water partition coefficient (Wildman–Crippen LogP) is 2.58. The van der Waals surface area contributed by atoms with Crippen LogP contribution in [0.25, 0.3) is 0 Å². The zero-order valence-corrected chi connectivity index (χ0v) is 14.8. The number of aliphatic carboxylic acids is 1. The van der Waals surface area contributed by atoms with Crippen molar-refractivity contribution >= 4 is 12.1 Å². The number of carboxylic acid groups (broad SMARTS) is 1. The minimum absolute atomic E-state index is 0.101. The topological polar surface area (TPSA) is 70.1 Å². The van der Waals surface area contributed by atoms with Gasteiger partial charge in [0.1, 0.15) is 11.1 Å². The first-order valence-electron chi connectivity index (χ1n) is 8.12. The minimum atomic E-state index is -1.15. The van der Waals surface area contributed by atoms with Gasteiger partial charge < -0.3 is 14.7 Å². The number of rotatable bonds is 3. The molecule has 0 aliphatic carbocycles. The lowest BCUT2D eigenvalue weighted by Gasteiger charge is -2.46. The van der Waals surface area contributed by atoms with Gasteiger partial charge in [0.15, 0.2) is 0 Å². The monoisotopic (exact) mass is 334 g/mol. The van der Waals surface area contributed by atoms with Crippen LogP contribution in [0.1, 0.15) is 33.3 Å². The summed E-state index contributed by atoms with van der Waals surface area (Å²) in [5, 5.41) is 9.76. The average Bonchev–Trinajstić information content (AvgIpc) is 2.48. The number of ether oxygens (including phenoxy) is 1. The molecule has 24 heavy (non-hydrogen) atoms. The van der Waals surface area contributed by atoms with Gasteiger partial charge in [-0.05, 0) is 33.3 Å². The first-order valence-corrected chi connectivity index (χ1v) is 8.12. The Balaban J connectivity index is 2.14. The van der Waals surface area contributed by atoms with Crippen LogP contribution in [0.3, 0.4) is 0 Å². The molecule has 1 aromatic carbocycles. The molecule has 1 amide bonds. The van der Waals surface area contributed by atoms with Gasteiger partial charge >= 0.3 is 12.1 Å². The summed E-state index contributed by atoms with van der Waals surface area (Å²) in [6.45, 7) is 8.62. The molecule has 1 unspecified atom stereocenters. The van der Waals surface area contributed by atoms with Gasteiger partial charge in [0.2, 0.25) is 0 Å². The van der Waals surface area contributed by atoms with E-state index in [1.807, 2.05) is 35.2 Å². The molecule has 1 atom stereocenters. The van der Waals surface area contributed by atoms with E-state index in [2.05, 4.69) is 0 Å². The molecule has 0 saturated carbocycles. The van der Waals surface area contributed by atoms with Gasteiger partial charge in [-0.3, -0.25) is 9.69 Å². The maximum absolute atomic E-state index is 12.3. The van der Waals surface area contributed by atoms with Crippen molar-refractivity contribution in [1.82, 2.24) is 9.80 Å². The van der Waals surface area contributed by atoms with E-state index in [-0.39, 0.29) is 6.54 Å². The second-order valence-electron chi connectivity index (χ2n) is 7.39. The molecule has 1 aliphatic heterocycles. The molecule has 0 spiro atoms. The van der Waals surface area contributed by atoms with E-state index in [0.717, 1.165) is 5.56 Å². The fourth-order valence-corrected chi connectivity index (χ4v) is 2.78. The second-order valence-corrected chi connectivity index (χ2v) is 7.39. The van der Waals surface area contributed by atoms with E-state index >= 15 is 0 Å². The van der Waals surface area contributed by atoms with E-state index in [4.69, 9.17) is 4.74 Å². The molecule has 1 saturated heterocycles. The smallest absolute Gasteiger partial charge is 0.410 e. The van der Waals surface area contributed by atoms with Crippen molar-refractivity contribution in [3.05, 3.63) is 35.9 Å². The lowest BCUT2D eigenvalue weighted by Crippen LogP contribution is -2.65. The molecule has 1 N–H and O–H groups in total. The normalized spacial score (nSPS) is 22.2. The lowest BCUT2D eigenvalue weighted by molar-refractivity contribution is -0.155. The highest BCUT2D eigenvalue weighted by Crippen LogP contribution is 2.25. The van der Waals surface area contributed by atoms with Crippen LogP contribution in [0.2, 0.25) is 0 Å². The van der Waals surface area contributed by atoms with Crippen LogP contribution in [0.15, 0.2) is 30.3 Å². The van der Waals surface area contributed by atoms with Crippen LogP contribution in [0, 0.1) is 0 Å². The van der Waals surface area contributed by atoms with Gasteiger partial charge in [0.05, 0.1) is 6.54 Å². The summed E-state index contributed by atoms with van der Waals surface area (Å²) in [6, 6.07) is 9.75. The Kier molecular flexibility index (Phi) is 5.18. The lowest BCUT2D eigenvalue weighted by atomic mass is 9.95. The van der Waals surface area contributed by atoms with Crippen molar-refractivity contribution in [2.75, 3.05) is 19.6 Å². The zero-order valence-electron chi connectivity index (χ0n) is 14.8. The summed E-state index contributed by atoms with van der Waals surface area (Å²) in [5.74, 6) is -0.938. The van der Waals surface area contributed by atoms with Crippen molar-refractivity contribution in [2.24, 2.45) is 0 Å². The molecule has 2 rings (SSSR count). The molecular weight excluding hydrogens is 308 g/mol. The van der Waals surface area contributed by atoms with Crippen LogP contribution in [-0.4, -0.2) is 57.7 Å². The van der Waals surface area contributed by atoms with Crippen LogP contribution in [0.4, 0.5) is 4.79 Å². The number of nitrogens with zero attached hydrogens (tertiary/aromatic N) is 2. The highest BCUT2D eigenvalue weighted by atomic mass is 16.6. The molecule has 1 aliphatic rings. The van der Waals surface area contributed by atoms with E-state index in [1.165, 1.54) is 4.90 Å². The number of carbonyl (C=O) groups excluding carboxylic acids is 1. The Hall–Kier alpha value is -2.08. The quantitative estimate of drug-likeness (QED) is 0.920. The van der Waals surface area contributed by atoms with Crippen LogP contribution in [-0.2, 0) is 16.1 Å². The fourth-order valence-electron chi connectivity index (χ4n) is 2.78. The molecule has 132 valence electrons. The highest BCUT2D eigenvalue weighted by Gasteiger charge is 2.46. The fraction of sp³-hybridized carbons (Fsp3) is 0.556. The number of hydrogen-bond acceptors (Lipinski definition) is 4. The SMILES string of the molecule is CC(C)(C)OC(=O)N1CCN(Cc2ccccc2)C(C)(C(=O)O)C1. The summed E-state index contributed by atoms with van der Waals surface area (Å²) in [4.78, 5) is 27.6. The van der Waals surface area contributed by atoms with Gasteiger partial charge in [-0.15, -0.1) is 0 Å². The molecule has 6 heteroatoms. The molecule has 1 aromatic rings. The van der Waals surface area contributed by atoms with Gasteiger partial charge in [-0.1, -0.05) is 30.3 Å². The number of amides is 1. The van der Waals surface area contributed by atoms with Crippen molar-refractivity contribution in [3.8, 4) is 0 Å². The van der Waals surface area contributed by atoms with E-state index in [9.17, 15) is 14.7 Å². The largest absolute Gasteiger partial charge is 0.480 e. The van der Waals surface area contributed by atoms with Gasteiger partial charge in [-0.2, -0.15) is 0 Å². The minimum Gasteiger partial charge on any atom is -0.480 e. The number of carbonyl (C=O) groups is 2. The number of hydrogen-bond donors (Lipinski definition) is 1. The van der Waals surface area contributed by atoms with Crippen LogP contribution < -0.4 is 0 Å². The number of benzene rings is 1. The van der Waals surface area contributed by atoms with Crippen LogP contribution in [0.5, 0.6) is 0 Å². The maximum atomic E-state index is 12.3. The zero-order chi connectivity index (χ0) is 18.0. The maximum Gasteiger partial charge on any atom is 0.410 e. The third-order valence-electron chi connectivity index (χ3n) is 4.17. The molecular formula is C18H26N2O4. The molecule has 0 bridgehead atoms. The summed E-state index contributed by atoms with van der Waals surface area (Å²) >= 11 is 0. The Bertz CT molecular complexity index is 597. The van der Waals surface area contributed by atoms with E-state index in [1.54, 1.807) is 27.7 Å².